The molecule has 1 aliphatic heterocycles. The lowest BCUT2D eigenvalue weighted by molar-refractivity contribution is -0.151. The van der Waals surface area contributed by atoms with Crippen LogP contribution in [0.3, 0.4) is 0 Å². The van der Waals surface area contributed by atoms with Gasteiger partial charge in [0.1, 0.15) is 10.9 Å². The average molecular weight is 513 g/mol. The summed E-state index contributed by atoms with van der Waals surface area (Å²) in [6.07, 6.45) is 1.10. The minimum atomic E-state index is -4.14. The van der Waals surface area contributed by atoms with Gasteiger partial charge in [0.2, 0.25) is 15.9 Å². The fourth-order valence-electron chi connectivity index (χ4n) is 3.78. The van der Waals surface area contributed by atoms with Gasteiger partial charge < -0.3 is 9.64 Å². The molecule has 178 valence electrons. The van der Waals surface area contributed by atoms with E-state index in [-0.39, 0.29) is 39.2 Å². The predicted molar refractivity (Wildman–Crippen MR) is 127 cm³/mol. The Kier molecular flexibility index (Phi) is 8.75. The molecule has 1 N–H and O–H groups in total. The number of nitrogens with one attached hydrogen (secondary N) is 1. The van der Waals surface area contributed by atoms with Crippen LogP contribution in [0.4, 0.5) is 0 Å². The van der Waals surface area contributed by atoms with Crippen LogP contribution in [0, 0.1) is 5.92 Å². The molecule has 0 spiro atoms. The molecule has 7 nitrogen and oxygen atoms in total. The van der Waals surface area contributed by atoms with E-state index in [0.717, 1.165) is 5.56 Å². The van der Waals surface area contributed by atoms with E-state index < -0.39 is 16.1 Å². The largest absolute Gasteiger partial charge is 0.466 e. The van der Waals surface area contributed by atoms with Crippen LogP contribution in [0.25, 0.3) is 0 Å². The Labute approximate surface area is 204 Å². The van der Waals surface area contributed by atoms with E-state index in [9.17, 15) is 18.0 Å². The summed E-state index contributed by atoms with van der Waals surface area (Å²) in [5.41, 5.74) is 0.803. The van der Waals surface area contributed by atoms with Gasteiger partial charge in [-0.05, 0) is 49.9 Å². The highest BCUT2D eigenvalue weighted by molar-refractivity contribution is 7.89. The van der Waals surface area contributed by atoms with Crippen LogP contribution in [-0.4, -0.2) is 50.9 Å². The molecule has 0 aromatic heterocycles. The molecular weight excluding hydrogens is 487 g/mol. The van der Waals surface area contributed by atoms with Crippen molar-refractivity contribution in [3.8, 4) is 0 Å². The van der Waals surface area contributed by atoms with Crippen molar-refractivity contribution in [3.63, 3.8) is 0 Å². The minimum absolute atomic E-state index is 0.00746. The highest BCUT2D eigenvalue weighted by Crippen LogP contribution is 2.26. The molecule has 3 rings (SSSR count). The van der Waals surface area contributed by atoms with E-state index in [2.05, 4.69) is 4.72 Å². The zero-order valence-corrected chi connectivity index (χ0v) is 20.5. The second-order valence-electron chi connectivity index (χ2n) is 7.79. The summed E-state index contributed by atoms with van der Waals surface area (Å²) in [6.45, 7) is 2.74. The predicted octanol–water partition coefficient (Wildman–Crippen LogP) is 3.68. The smallest absolute Gasteiger partial charge is 0.309 e. The minimum Gasteiger partial charge on any atom is -0.466 e. The second-order valence-corrected chi connectivity index (χ2v) is 10.3. The fourth-order valence-corrected chi connectivity index (χ4v) is 5.73. The van der Waals surface area contributed by atoms with Crippen LogP contribution in [0.5, 0.6) is 0 Å². The zero-order chi connectivity index (χ0) is 24.0. The fraction of sp³-hybridized carbons (Fsp3) is 0.391. The first kappa shape index (κ1) is 25.5. The van der Waals surface area contributed by atoms with Gasteiger partial charge in [0, 0.05) is 18.1 Å². The zero-order valence-electron chi connectivity index (χ0n) is 18.2. The van der Waals surface area contributed by atoms with Crippen LogP contribution in [0.15, 0.2) is 53.4 Å². The molecule has 1 saturated heterocycles. The molecule has 0 bridgehead atoms. The maximum atomic E-state index is 13.4. The Morgan fingerprint density at radius 2 is 1.79 bits per heavy atom. The van der Waals surface area contributed by atoms with E-state index in [1.54, 1.807) is 11.8 Å². The Hall–Kier alpha value is -2.13. The van der Waals surface area contributed by atoms with Crippen molar-refractivity contribution in [1.82, 2.24) is 9.62 Å². The van der Waals surface area contributed by atoms with Crippen LogP contribution >= 0.6 is 23.2 Å². The molecule has 1 atom stereocenters. The van der Waals surface area contributed by atoms with Gasteiger partial charge in [0.25, 0.3) is 0 Å². The quantitative estimate of drug-likeness (QED) is 0.544. The number of carbonyl (C=O) groups is 2. The average Bonchev–Trinajstić information content (AvgIpc) is 2.80. The molecule has 2 aromatic rings. The summed E-state index contributed by atoms with van der Waals surface area (Å²) in [6, 6.07) is 12.2. The maximum Gasteiger partial charge on any atom is 0.309 e. The van der Waals surface area contributed by atoms with E-state index in [1.165, 1.54) is 18.2 Å². The molecule has 1 unspecified atom stereocenters. The molecule has 1 fully saturated rings. The number of hydrogen-bond donors (Lipinski definition) is 1. The topological polar surface area (TPSA) is 92.8 Å². The number of carbonyl (C=O) groups excluding carboxylic acids is 2. The van der Waals surface area contributed by atoms with Crippen molar-refractivity contribution in [2.24, 2.45) is 5.92 Å². The maximum absolute atomic E-state index is 13.4. The number of benzene rings is 2. The molecule has 33 heavy (non-hydrogen) atoms. The Morgan fingerprint density at radius 3 is 2.42 bits per heavy atom. The Bertz CT molecular complexity index is 1090. The lowest BCUT2D eigenvalue weighted by Gasteiger charge is -2.33. The Morgan fingerprint density at radius 1 is 1.12 bits per heavy atom. The van der Waals surface area contributed by atoms with Crippen LogP contribution in [0.2, 0.25) is 10.0 Å². The first-order valence-corrected chi connectivity index (χ1v) is 12.9. The van der Waals surface area contributed by atoms with Gasteiger partial charge in [-0.3, -0.25) is 9.59 Å². The van der Waals surface area contributed by atoms with Gasteiger partial charge in [-0.1, -0.05) is 53.5 Å². The van der Waals surface area contributed by atoms with Crippen molar-refractivity contribution in [2.75, 3.05) is 19.7 Å². The highest BCUT2D eigenvalue weighted by atomic mass is 35.5. The number of sulfonamides is 1. The van der Waals surface area contributed by atoms with E-state index in [1.807, 2.05) is 30.3 Å². The highest BCUT2D eigenvalue weighted by Gasteiger charge is 2.34. The summed E-state index contributed by atoms with van der Waals surface area (Å²) in [5.74, 6) is -0.881. The van der Waals surface area contributed by atoms with Crippen molar-refractivity contribution in [3.05, 3.63) is 64.1 Å². The number of ether oxygens (including phenoxy) is 1. The van der Waals surface area contributed by atoms with Gasteiger partial charge >= 0.3 is 5.97 Å². The first-order chi connectivity index (χ1) is 15.7. The van der Waals surface area contributed by atoms with Crippen LogP contribution < -0.4 is 4.72 Å². The molecule has 0 saturated carbocycles. The number of likely N-dealkylation sites (tertiary alicyclic amines) is 1. The third-order valence-electron chi connectivity index (χ3n) is 5.49. The molecule has 1 aliphatic rings. The number of rotatable bonds is 8. The van der Waals surface area contributed by atoms with E-state index in [4.69, 9.17) is 27.9 Å². The number of amides is 1. The summed E-state index contributed by atoms with van der Waals surface area (Å²) in [4.78, 5) is 26.8. The molecule has 0 aliphatic carbocycles. The number of nitrogens with zero attached hydrogens (tertiary/aromatic N) is 1. The normalized spacial score (nSPS) is 15.8. The van der Waals surface area contributed by atoms with Crippen LogP contribution in [-0.2, 0) is 30.8 Å². The summed E-state index contributed by atoms with van der Waals surface area (Å²) < 4.78 is 33.8. The molecule has 1 heterocycles. The standard InChI is InChI=1S/C23H26Cl2N2O5S/c1-2-32-23(29)17-10-12-27(13-11-17)22(28)20(14-16-6-4-3-5-7-16)26-33(30,31)21-15-18(24)8-9-19(21)25/h3-9,15,17,20,26H,2,10-14H2,1H3. The molecule has 10 heteroatoms. The van der Waals surface area contributed by atoms with E-state index >= 15 is 0 Å². The molecule has 1 amide bonds. The van der Waals surface area contributed by atoms with Crippen LogP contribution in [0.1, 0.15) is 25.3 Å². The van der Waals surface area contributed by atoms with Gasteiger partial charge in [-0.25, -0.2) is 8.42 Å². The van der Waals surface area contributed by atoms with Crippen molar-refractivity contribution < 1.29 is 22.7 Å². The summed E-state index contributed by atoms with van der Waals surface area (Å²) >= 11 is 12.1. The third kappa shape index (κ3) is 6.69. The van der Waals surface area contributed by atoms with Crippen molar-refractivity contribution in [2.45, 2.75) is 37.1 Å². The first-order valence-electron chi connectivity index (χ1n) is 10.7. The van der Waals surface area contributed by atoms with Gasteiger partial charge in [-0.2, -0.15) is 4.72 Å². The number of halogens is 2. The molecule has 2 aromatic carbocycles. The lowest BCUT2D eigenvalue weighted by Crippen LogP contribution is -2.52. The molecule has 0 radical (unpaired) electrons. The van der Waals surface area contributed by atoms with E-state index in [0.29, 0.717) is 32.5 Å². The van der Waals surface area contributed by atoms with Crippen molar-refractivity contribution in [1.29, 1.82) is 0 Å². The lowest BCUT2D eigenvalue weighted by atomic mass is 9.96. The third-order valence-corrected chi connectivity index (χ3v) is 7.68. The number of piperidine rings is 1. The van der Waals surface area contributed by atoms with Gasteiger partial charge in [0.05, 0.1) is 17.5 Å². The second kappa shape index (κ2) is 11.3. The van der Waals surface area contributed by atoms with Gasteiger partial charge in [-0.15, -0.1) is 0 Å². The summed E-state index contributed by atoms with van der Waals surface area (Å²) in [5, 5.41) is 0.222. The SMILES string of the molecule is CCOC(=O)C1CCN(C(=O)C(Cc2ccccc2)NS(=O)(=O)c2cc(Cl)ccc2Cl)CC1. The molecular formula is C23H26Cl2N2O5S. The number of esters is 1. The van der Waals surface area contributed by atoms with Gasteiger partial charge in [0.15, 0.2) is 0 Å². The van der Waals surface area contributed by atoms with Crippen molar-refractivity contribution >= 4 is 45.1 Å². The summed E-state index contributed by atoms with van der Waals surface area (Å²) in [7, 11) is -4.14. The monoisotopic (exact) mass is 512 g/mol. The number of hydrogen-bond acceptors (Lipinski definition) is 5. The Balaban J connectivity index is 1.80.